The van der Waals surface area contributed by atoms with Crippen LogP contribution < -0.4 is 0 Å². The van der Waals surface area contributed by atoms with Gasteiger partial charge in [0.15, 0.2) is 5.78 Å². The molecule has 0 heterocycles. The molecule has 2 rings (SSSR count). The molecule has 0 N–H and O–H groups in total. The first-order valence-electron chi connectivity index (χ1n) is 6.88. The highest BCUT2D eigenvalue weighted by atomic mass is 32.2. The molecular weight excluding hydrogens is 264 g/mol. The molecule has 0 aliphatic heterocycles. The van der Waals surface area contributed by atoms with Crippen molar-refractivity contribution in [3.8, 4) is 0 Å². The van der Waals surface area contributed by atoms with Gasteiger partial charge in [-0.3, -0.25) is 4.79 Å². The summed E-state index contributed by atoms with van der Waals surface area (Å²) in [5.41, 5.74) is 2.80. The van der Waals surface area contributed by atoms with Crippen molar-refractivity contribution >= 4 is 17.5 Å². The van der Waals surface area contributed by atoms with E-state index in [1.807, 2.05) is 48.7 Å². The quantitative estimate of drug-likeness (QED) is 0.577. The number of ketones is 1. The van der Waals surface area contributed by atoms with Crippen LogP contribution in [0.15, 0.2) is 53.4 Å². The highest BCUT2D eigenvalue weighted by molar-refractivity contribution is 7.98. The monoisotopic (exact) mass is 284 g/mol. The molecule has 2 aromatic carbocycles. The molecule has 1 nitrogen and oxygen atoms in total. The summed E-state index contributed by atoms with van der Waals surface area (Å²) in [6.45, 7) is 4.38. The summed E-state index contributed by atoms with van der Waals surface area (Å²) in [4.78, 5) is 13.7. The van der Waals surface area contributed by atoms with E-state index in [0.717, 1.165) is 22.4 Å². The highest BCUT2D eigenvalue weighted by Gasteiger charge is 2.13. The molecule has 0 saturated heterocycles. The Bertz CT molecular complexity index is 602. The van der Waals surface area contributed by atoms with E-state index in [9.17, 15) is 4.79 Å². The third-order valence-corrected chi connectivity index (χ3v) is 3.98. The molecule has 0 aromatic heterocycles. The van der Waals surface area contributed by atoms with E-state index in [-0.39, 0.29) is 5.78 Å². The number of rotatable bonds is 5. The van der Waals surface area contributed by atoms with Crippen molar-refractivity contribution in [2.75, 3.05) is 6.26 Å². The van der Waals surface area contributed by atoms with E-state index >= 15 is 0 Å². The van der Waals surface area contributed by atoms with Crippen molar-refractivity contribution in [2.24, 2.45) is 5.92 Å². The predicted molar refractivity (Wildman–Crippen MR) is 86.6 cm³/mol. The van der Waals surface area contributed by atoms with Crippen molar-refractivity contribution in [1.29, 1.82) is 0 Å². The van der Waals surface area contributed by atoms with Gasteiger partial charge in [-0.15, -0.1) is 11.8 Å². The van der Waals surface area contributed by atoms with Crippen LogP contribution in [0.25, 0.3) is 0 Å². The van der Waals surface area contributed by atoms with Crippen molar-refractivity contribution in [2.45, 2.75) is 25.2 Å². The smallest absolute Gasteiger partial charge is 0.194 e. The number of hydrogen-bond donors (Lipinski definition) is 0. The summed E-state index contributed by atoms with van der Waals surface area (Å²) in [5, 5.41) is 0. The third-order valence-electron chi connectivity index (χ3n) is 3.18. The molecule has 0 fully saturated rings. The Morgan fingerprint density at radius 3 is 2.55 bits per heavy atom. The van der Waals surface area contributed by atoms with E-state index in [4.69, 9.17) is 0 Å². The normalized spacial score (nSPS) is 10.8. The molecule has 20 heavy (non-hydrogen) atoms. The molecule has 0 aliphatic carbocycles. The lowest BCUT2D eigenvalue weighted by molar-refractivity contribution is 0.103. The third kappa shape index (κ3) is 3.51. The predicted octanol–water partition coefficient (Wildman–Crippen LogP) is 4.84. The topological polar surface area (TPSA) is 17.1 Å². The van der Waals surface area contributed by atoms with Gasteiger partial charge in [0.1, 0.15) is 0 Å². The highest BCUT2D eigenvalue weighted by Crippen LogP contribution is 2.23. The molecule has 0 saturated carbocycles. The van der Waals surface area contributed by atoms with Gasteiger partial charge >= 0.3 is 0 Å². The minimum Gasteiger partial charge on any atom is -0.289 e. The van der Waals surface area contributed by atoms with Crippen molar-refractivity contribution in [3.05, 3.63) is 65.2 Å². The average molecular weight is 284 g/mol. The zero-order valence-corrected chi connectivity index (χ0v) is 13.0. The van der Waals surface area contributed by atoms with Crippen LogP contribution in [0.2, 0.25) is 0 Å². The molecular formula is C18H20OS. The van der Waals surface area contributed by atoms with Gasteiger partial charge in [0.25, 0.3) is 0 Å². The molecule has 0 radical (unpaired) electrons. The minimum absolute atomic E-state index is 0.112. The maximum absolute atomic E-state index is 12.7. The Balaban J connectivity index is 2.33. The van der Waals surface area contributed by atoms with E-state index in [0.29, 0.717) is 5.92 Å². The van der Waals surface area contributed by atoms with Crippen LogP contribution in [0.3, 0.4) is 0 Å². The van der Waals surface area contributed by atoms with Crippen molar-refractivity contribution < 1.29 is 4.79 Å². The number of benzene rings is 2. The van der Waals surface area contributed by atoms with E-state index in [1.54, 1.807) is 11.8 Å². The van der Waals surface area contributed by atoms with E-state index in [1.165, 1.54) is 5.56 Å². The fraction of sp³-hybridized carbons (Fsp3) is 0.278. The fourth-order valence-corrected chi connectivity index (χ4v) is 2.89. The van der Waals surface area contributed by atoms with Gasteiger partial charge in [0, 0.05) is 16.0 Å². The van der Waals surface area contributed by atoms with Gasteiger partial charge in [-0.05, 0) is 42.4 Å². The Labute approximate surface area is 125 Å². The first kappa shape index (κ1) is 14.9. The molecule has 0 unspecified atom stereocenters. The van der Waals surface area contributed by atoms with Gasteiger partial charge in [-0.1, -0.05) is 44.2 Å². The molecule has 0 atom stereocenters. The van der Waals surface area contributed by atoms with E-state index < -0.39 is 0 Å². The second-order valence-electron chi connectivity index (χ2n) is 5.33. The zero-order chi connectivity index (χ0) is 14.5. The summed E-state index contributed by atoms with van der Waals surface area (Å²) in [6, 6.07) is 15.8. The lowest BCUT2D eigenvalue weighted by atomic mass is 9.97. The standard InChI is InChI=1S/C18H20OS/c1-13(2)11-14-7-6-8-15(12-14)18(19)16-9-4-5-10-17(16)20-3/h4-10,12-13H,11H2,1-3H3. The van der Waals surface area contributed by atoms with Crippen LogP contribution in [0.4, 0.5) is 0 Å². The largest absolute Gasteiger partial charge is 0.289 e. The average Bonchev–Trinajstić information content (AvgIpc) is 2.46. The Hall–Kier alpha value is -1.54. The SMILES string of the molecule is CSc1ccccc1C(=O)c1cccc(CC(C)C)c1. The molecule has 0 spiro atoms. The minimum atomic E-state index is 0.112. The molecule has 0 aliphatic rings. The maximum atomic E-state index is 12.7. The van der Waals surface area contributed by atoms with Crippen molar-refractivity contribution in [3.63, 3.8) is 0 Å². The lowest BCUT2D eigenvalue weighted by Crippen LogP contribution is -2.04. The zero-order valence-electron chi connectivity index (χ0n) is 12.2. The Morgan fingerprint density at radius 1 is 1.10 bits per heavy atom. The molecule has 2 aromatic rings. The summed E-state index contributed by atoms with van der Waals surface area (Å²) in [7, 11) is 0. The van der Waals surface area contributed by atoms with Gasteiger partial charge in [-0.25, -0.2) is 0 Å². The molecule has 104 valence electrons. The summed E-state index contributed by atoms with van der Waals surface area (Å²) in [6.07, 6.45) is 3.01. The van der Waals surface area contributed by atoms with Gasteiger partial charge < -0.3 is 0 Å². The number of thioether (sulfide) groups is 1. The number of carbonyl (C=O) groups is 1. The maximum Gasteiger partial charge on any atom is 0.194 e. The molecule has 2 heteroatoms. The van der Waals surface area contributed by atoms with Crippen LogP contribution in [0.5, 0.6) is 0 Å². The Kier molecular flexibility index (Phi) is 5.02. The van der Waals surface area contributed by atoms with Crippen LogP contribution in [0.1, 0.15) is 35.3 Å². The molecule has 0 amide bonds. The van der Waals surface area contributed by atoms with Gasteiger partial charge in [0.05, 0.1) is 0 Å². The first-order chi connectivity index (χ1) is 9.61. The van der Waals surface area contributed by atoms with Crippen LogP contribution in [0, 0.1) is 5.92 Å². The fourth-order valence-electron chi connectivity index (χ4n) is 2.30. The van der Waals surface area contributed by atoms with Crippen LogP contribution in [-0.2, 0) is 6.42 Å². The first-order valence-corrected chi connectivity index (χ1v) is 8.11. The molecule has 0 bridgehead atoms. The van der Waals surface area contributed by atoms with Crippen molar-refractivity contribution in [1.82, 2.24) is 0 Å². The van der Waals surface area contributed by atoms with Gasteiger partial charge in [-0.2, -0.15) is 0 Å². The second-order valence-corrected chi connectivity index (χ2v) is 6.18. The lowest BCUT2D eigenvalue weighted by Gasteiger charge is -2.09. The summed E-state index contributed by atoms with van der Waals surface area (Å²) < 4.78 is 0. The summed E-state index contributed by atoms with van der Waals surface area (Å²) >= 11 is 1.61. The summed E-state index contributed by atoms with van der Waals surface area (Å²) in [5.74, 6) is 0.708. The van der Waals surface area contributed by atoms with Gasteiger partial charge in [0.2, 0.25) is 0 Å². The van der Waals surface area contributed by atoms with Crippen LogP contribution in [-0.4, -0.2) is 12.0 Å². The number of carbonyl (C=O) groups excluding carboxylic acids is 1. The Morgan fingerprint density at radius 2 is 1.85 bits per heavy atom. The second kappa shape index (κ2) is 6.76. The van der Waals surface area contributed by atoms with E-state index in [2.05, 4.69) is 19.9 Å². The number of hydrogen-bond acceptors (Lipinski definition) is 2. The van der Waals surface area contributed by atoms with Crippen LogP contribution >= 0.6 is 11.8 Å².